The van der Waals surface area contributed by atoms with Gasteiger partial charge in [-0.25, -0.2) is 0 Å². The quantitative estimate of drug-likeness (QED) is 0.660. The summed E-state index contributed by atoms with van der Waals surface area (Å²) in [6.45, 7) is 4.50. The largest absolute Gasteiger partial charge is 0.495 e. The van der Waals surface area contributed by atoms with Crippen molar-refractivity contribution in [3.05, 3.63) is 11.8 Å². The number of hydrogen-bond acceptors (Lipinski definition) is 3. The SMILES string of the molecule is CC(O)(C1=CCCO1)C1CCNC1. The summed E-state index contributed by atoms with van der Waals surface area (Å²) in [6, 6.07) is 0. The van der Waals surface area contributed by atoms with E-state index in [0.717, 1.165) is 38.3 Å². The van der Waals surface area contributed by atoms with Crippen LogP contribution in [-0.2, 0) is 4.74 Å². The van der Waals surface area contributed by atoms with Gasteiger partial charge in [-0.1, -0.05) is 0 Å². The molecule has 0 amide bonds. The molecule has 0 saturated carbocycles. The molecule has 2 rings (SSSR count). The summed E-state index contributed by atoms with van der Waals surface area (Å²) in [6.07, 6.45) is 3.98. The third kappa shape index (κ3) is 1.58. The predicted molar refractivity (Wildman–Crippen MR) is 50.3 cm³/mol. The fraction of sp³-hybridized carbons (Fsp3) is 0.800. The molecule has 1 fully saturated rings. The lowest BCUT2D eigenvalue weighted by atomic mass is 9.86. The molecule has 1 saturated heterocycles. The molecule has 0 aromatic heterocycles. The van der Waals surface area contributed by atoms with E-state index in [4.69, 9.17) is 4.74 Å². The maximum Gasteiger partial charge on any atom is 0.124 e. The van der Waals surface area contributed by atoms with Crippen molar-refractivity contribution in [2.75, 3.05) is 19.7 Å². The van der Waals surface area contributed by atoms with Gasteiger partial charge in [-0.3, -0.25) is 0 Å². The minimum Gasteiger partial charge on any atom is -0.495 e. The van der Waals surface area contributed by atoms with E-state index in [-0.39, 0.29) is 0 Å². The van der Waals surface area contributed by atoms with Crippen LogP contribution in [0.25, 0.3) is 0 Å². The van der Waals surface area contributed by atoms with E-state index < -0.39 is 5.60 Å². The molecule has 3 nitrogen and oxygen atoms in total. The minimum atomic E-state index is -0.764. The fourth-order valence-electron chi connectivity index (χ4n) is 2.11. The number of ether oxygens (including phenoxy) is 1. The molecule has 0 aliphatic carbocycles. The van der Waals surface area contributed by atoms with Crippen molar-refractivity contribution in [2.45, 2.75) is 25.4 Å². The van der Waals surface area contributed by atoms with Gasteiger partial charge in [-0.05, 0) is 26.0 Å². The lowest BCUT2D eigenvalue weighted by Crippen LogP contribution is -2.38. The van der Waals surface area contributed by atoms with Gasteiger partial charge in [0.2, 0.25) is 0 Å². The van der Waals surface area contributed by atoms with Gasteiger partial charge in [0.05, 0.1) is 6.61 Å². The number of aliphatic hydroxyl groups is 1. The summed E-state index contributed by atoms with van der Waals surface area (Å²) in [7, 11) is 0. The molecular weight excluding hydrogens is 166 g/mol. The Balaban J connectivity index is 2.08. The third-order valence-electron chi connectivity index (χ3n) is 3.06. The Morgan fingerprint density at radius 3 is 3.08 bits per heavy atom. The van der Waals surface area contributed by atoms with Crippen LogP contribution in [0.2, 0.25) is 0 Å². The van der Waals surface area contributed by atoms with Crippen LogP contribution in [0, 0.1) is 5.92 Å². The fourth-order valence-corrected chi connectivity index (χ4v) is 2.11. The predicted octanol–water partition coefficient (Wildman–Crippen LogP) is 0.651. The molecule has 3 heteroatoms. The van der Waals surface area contributed by atoms with Crippen LogP contribution in [0.1, 0.15) is 19.8 Å². The maximum absolute atomic E-state index is 10.3. The Morgan fingerprint density at radius 2 is 2.54 bits per heavy atom. The first-order valence-corrected chi connectivity index (χ1v) is 4.98. The first kappa shape index (κ1) is 9.03. The van der Waals surface area contributed by atoms with Crippen molar-refractivity contribution in [3.63, 3.8) is 0 Å². The molecule has 0 radical (unpaired) electrons. The topological polar surface area (TPSA) is 41.5 Å². The van der Waals surface area contributed by atoms with Gasteiger partial charge in [0, 0.05) is 18.9 Å². The van der Waals surface area contributed by atoms with E-state index in [1.165, 1.54) is 0 Å². The molecule has 74 valence electrons. The van der Waals surface area contributed by atoms with Crippen molar-refractivity contribution >= 4 is 0 Å². The second kappa shape index (κ2) is 3.31. The van der Waals surface area contributed by atoms with Crippen LogP contribution in [0.4, 0.5) is 0 Å². The first-order valence-electron chi connectivity index (χ1n) is 4.98. The Kier molecular flexibility index (Phi) is 2.30. The number of rotatable bonds is 2. The number of nitrogens with one attached hydrogen (secondary N) is 1. The maximum atomic E-state index is 10.3. The molecule has 2 heterocycles. The van der Waals surface area contributed by atoms with Crippen LogP contribution in [0.15, 0.2) is 11.8 Å². The lowest BCUT2D eigenvalue weighted by molar-refractivity contribution is -0.00754. The van der Waals surface area contributed by atoms with Gasteiger partial charge in [0.25, 0.3) is 0 Å². The molecule has 2 atom stereocenters. The second-order valence-corrected chi connectivity index (χ2v) is 4.04. The summed E-state index contributed by atoms with van der Waals surface area (Å²) in [5.41, 5.74) is -0.764. The van der Waals surface area contributed by atoms with Crippen molar-refractivity contribution in [1.29, 1.82) is 0 Å². The van der Waals surface area contributed by atoms with Crippen molar-refractivity contribution < 1.29 is 9.84 Å². The zero-order valence-corrected chi connectivity index (χ0v) is 8.05. The van der Waals surface area contributed by atoms with Crippen molar-refractivity contribution in [1.82, 2.24) is 5.32 Å². The number of hydrogen-bond donors (Lipinski definition) is 2. The monoisotopic (exact) mass is 183 g/mol. The van der Waals surface area contributed by atoms with Gasteiger partial charge in [0.1, 0.15) is 11.4 Å². The van der Waals surface area contributed by atoms with Gasteiger partial charge < -0.3 is 15.2 Å². The first-order chi connectivity index (χ1) is 6.21. The smallest absolute Gasteiger partial charge is 0.124 e. The minimum absolute atomic E-state index is 0.303. The summed E-state index contributed by atoms with van der Waals surface area (Å²) >= 11 is 0. The van der Waals surface area contributed by atoms with Crippen molar-refractivity contribution in [3.8, 4) is 0 Å². The van der Waals surface area contributed by atoms with E-state index >= 15 is 0 Å². The summed E-state index contributed by atoms with van der Waals surface area (Å²) < 4.78 is 5.41. The van der Waals surface area contributed by atoms with Crippen molar-refractivity contribution in [2.24, 2.45) is 5.92 Å². The molecule has 0 aromatic rings. The third-order valence-corrected chi connectivity index (χ3v) is 3.06. The molecule has 2 aliphatic rings. The van der Waals surface area contributed by atoms with E-state index in [1.54, 1.807) is 0 Å². The Hall–Kier alpha value is -0.540. The molecule has 0 bridgehead atoms. The lowest BCUT2D eigenvalue weighted by Gasteiger charge is -2.30. The van der Waals surface area contributed by atoms with Crippen LogP contribution >= 0.6 is 0 Å². The highest BCUT2D eigenvalue weighted by molar-refractivity contribution is 5.14. The zero-order chi connectivity index (χ0) is 9.31. The molecule has 2 N–H and O–H groups in total. The van der Waals surface area contributed by atoms with E-state index in [2.05, 4.69) is 5.32 Å². The van der Waals surface area contributed by atoms with Gasteiger partial charge >= 0.3 is 0 Å². The highest BCUT2D eigenvalue weighted by Gasteiger charge is 2.39. The molecule has 2 unspecified atom stereocenters. The molecule has 0 aromatic carbocycles. The summed E-state index contributed by atoms with van der Waals surface area (Å²) in [4.78, 5) is 0. The van der Waals surface area contributed by atoms with Crippen LogP contribution < -0.4 is 5.32 Å². The summed E-state index contributed by atoms with van der Waals surface area (Å²) in [5.74, 6) is 1.08. The second-order valence-electron chi connectivity index (χ2n) is 4.04. The Bertz CT molecular complexity index is 217. The standard InChI is InChI=1S/C10H17NO2/c1-10(12,8-4-5-11-7-8)9-3-2-6-13-9/h3,8,11-12H,2,4-7H2,1H3. The Labute approximate surface area is 78.8 Å². The summed E-state index contributed by atoms with van der Waals surface area (Å²) in [5, 5.41) is 13.5. The van der Waals surface area contributed by atoms with Gasteiger partial charge in [0.15, 0.2) is 0 Å². The van der Waals surface area contributed by atoms with E-state index in [0.29, 0.717) is 5.92 Å². The highest BCUT2D eigenvalue weighted by atomic mass is 16.5. The van der Waals surface area contributed by atoms with Crippen LogP contribution in [-0.4, -0.2) is 30.4 Å². The van der Waals surface area contributed by atoms with E-state index in [1.807, 2.05) is 13.0 Å². The normalized spacial score (nSPS) is 32.5. The van der Waals surface area contributed by atoms with E-state index in [9.17, 15) is 5.11 Å². The Morgan fingerprint density at radius 1 is 1.69 bits per heavy atom. The molecule has 13 heavy (non-hydrogen) atoms. The van der Waals surface area contributed by atoms with Crippen LogP contribution in [0.3, 0.4) is 0 Å². The van der Waals surface area contributed by atoms with Gasteiger partial charge in [-0.2, -0.15) is 0 Å². The zero-order valence-electron chi connectivity index (χ0n) is 8.05. The van der Waals surface area contributed by atoms with Crippen LogP contribution in [0.5, 0.6) is 0 Å². The molecular formula is C10H17NO2. The average molecular weight is 183 g/mol. The highest BCUT2D eigenvalue weighted by Crippen LogP contribution is 2.32. The molecule has 0 spiro atoms. The van der Waals surface area contributed by atoms with Gasteiger partial charge in [-0.15, -0.1) is 0 Å². The average Bonchev–Trinajstić information content (AvgIpc) is 2.78. The molecule has 2 aliphatic heterocycles.